The second kappa shape index (κ2) is 11.4. The van der Waals surface area contributed by atoms with Crippen LogP contribution < -0.4 is 5.32 Å². The first-order valence-corrected chi connectivity index (χ1v) is 7.65. The quantitative estimate of drug-likeness (QED) is 0.522. The molecule has 128 valence electrons. The van der Waals surface area contributed by atoms with Gasteiger partial charge in [0, 0.05) is 32.8 Å². The second-order valence-corrected chi connectivity index (χ2v) is 5.00. The first-order chi connectivity index (χ1) is 11.2. The number of nitrogens with one attached hydrogen (secondary N) is 1. The van der Waals surface area contributed by atoms with Gasteiger partial charge in [-0.3, -0.25) is 9.78 Å². The maximum Gasteiger partial charge on any atom is 0.317 e. The minimum atomic E-state index is -0.229. The number of aromatic nitrogens is 1. The summed E-state index contributed by atoms with van der Waals surface area (Å²) in [4.78, 5) is 29.1. The molecule has 0 unspecified atom stereocenters. The summed E-state index contributed by atoms with van der Waals surface area (Å²) in [5, 5.41) is 2.86. The highest BCUT2D eigenvalue weighted by molar-refractivity contribution is 5.74. The van der Waals surface area contributed by atoms with Crippen molar-refractivity contribution in [2.45, 2.75) is 25.8 Å². The topological polar surface area (TPSA) is 80.8 Å². The molecule has 2 amide bonds. The minimum Gasteiger partial charge on any atom is -0.469 e. The standard InChI is InChI=1S/C16H25N3O4/c1-22-12-11-19(13-14-7-3-5-9-17-14)16(21)18-10-6-4-8-15(20)23-2/h3,5,7,9H,4,6,8,10-13H2,1-2H3,(H,18,21). The number of urea groups is 1. The molecular formula is C16H25N3O4. The predicted molar refractivity (Wildman–Crippen MR) is 85.8 cm³/mol. The molecule has 1 heterocycles. The SMILES string of the molecule is COCCN(Cc1ccccn1)C(=O)NCCCCC(=O)OC. The van der Waals surface area contributed by atoms with Crippen LogP contribution in [-0.2, 0) is 20.8 Å². The van der Waals surface area contributed by atoms with Crippen molar-refractivity contribution in [1.82, 2.24) is 15.2 Å². The fourth-order valence-electron chi connectivity index (χ4n) is 1.94. The Labute approximate surface area is 137 Å². The summed E-state index contributed by atoms with van der Waals surface area (Å²) in [7, 11) is 2.97. The van der Waals surface area contributed by atoms with E-state index in [2.05, 4.69) is 15.0 Å². The van der Waals surface area contributed by atoms with Gasteiger partial charge in [-0.05, 0) is 25.0 Å². The van der Waals surface area contributed by atoms with Crippen molar-refractivity contribution in [2.75, 3.05) is 33.9 Å². The molecule has 0 aliphatic heterocycles. The van der Waals surface area contributed by atoms with Crippen LogP contribution in [0.1, 0.15) is 25.0 Å². The van der Waals surface area contributed by atoms with Crippen LogP contribution >= 0.6 is 0 Å². The molecule has 0 spiro atoms. The summed E-state index contributed by atoms with van der Waals surface area (Å²) in [6.07, 6.45) is 3.48. The van der Waals surface area contributed by atoms with E-state index >= 15 is 0 Å². The number of carbonyl (C=O) groups is 2. The molecule has 7 heteroatoms. The van der Waals surface area contributed by atoms with Crippen LogP contribution in [0, 0.1) is 0 Å². The number of nitrogens with zero attached hydrogens (tertiary/aromatic N) is 2. The molecule has 1 aromatic rings. The highest BCUT2D eigenvalue weighted by Gasteiger charge is 2.13. The average Bonchev–Trinajstić information content (AvgIpc) is 2.58. The highest BCUT2D eigenvalue weighted by Crippen LogP contribution is 2.02. The number of methoxy groups -OCH3 is 2. The highest BCUT2D eigenvalue weighted by atomic mass is 16.5. The molecular weight excluding hydrogens is 298 g/mol. The lowest BCUT2D eigenvalue weighted by Gasteiger charge is -2.22. The van der Waals surface area contributed by atoms with Crippen LogP contribution in [0.2, 0.25) is 0 Å². The van der Waals surface area contributed by atoms with Gasteiger partial charge in [-0.15, -0.1) is 0 Å². The van der Waals surface area contributed by atoms with Gasteiger partial charge in [0.2, 0.25) is 0 Å². The van der Waals surface area contributed by atoms with Gasteiger partial charge >= 0.3 is 12.0 Å². The largest absolute Gasteiger partial charge is 0.469 e. The zero-order valence-corrected chi connectivity index (χ0v) is 13.8. The number of rotatable bonds is 10. The van der Waals surface area contributed by atoms with Gasteiger partial charge in [0.25, 0.3) is 0 Å². The fraction of sp³-hybridized carbons (Fsp3) is 0.562. The van der Waals surface area contributed by atoms with E-state index in [-0.39, 0.29) is 12.0 Å². The van der Waals surface area contributed by atoms with Crippen molar-refractivity contribution in [1.29, 1.82) is 0 Å². The molecule has 0 bridgehead atoms. The molecule has 23 heavy (non-hydrogen) atoms. The van der Waals surface area contributed by atoms with Crippen molar-refractivity contribution < 1.29 is 19.1 Å². The van der Waals surface area contributed by atoms with Crippen molar-refractivity contribution in [3.05, 3.63) is 30.1 Å². The molecule has 0 fully saturated rings. The van der Waals surface area contributed by atoms with Gasteiger partial charge < -0.3 is 19.7 Å². The fourth-order valence-corrected chi connectivity index (χ4v) is 1.94. The third-order valence-corrected chi connectivity index (χ3v) is 3.24. The van der Waals surface area contributed by atoms with Gasteiger partial charge in [0.05, 0.1) is 26.0 Å². The molecule has 0 radical (unpaired) electrons. The second-order valence-electron chi connectivity index (χ2n) is 5.00. The van der Waals surface area contributed by atoms with Crippen LogP contribution in [0.25, 0.3) is 0 Å². The third-order valence-electron chi connectivity index (χ3n) is 3.24. The third kappa shape index (κ3) is 8.15. The monoisotopic (exact) mass is 323 g/mol. The van der Waals surface area contributed by atoms with Crippen molar-refractivity contribution in [2.24, 2.45) is 0 Å². The van der Waals surface area contributed by atoms with Gasteiger partial charge in [0.1, 0.15) is 0 Å². The summed E-state index contributed by atoms with van der Waals surface area (Å²) in [6, 6.07) is 5.45. The molecule has 0 aliphatic carbocycles. The van der Waals surface area contributed by atoms with E-state index < -0.39 is 0 Å². The molecule has 0 saturated carbocycles. The number of ether oxygens (including phenoxy) is 2. The van der Waals surface area contributed by atoms with Crippen molar-refractivity contribution in [3.8, 4) is 0 Å². The number of esters is 1. The number of unbranched alkanes of at least 4 members (excludes halogenated alkanes) is 1. The maximum atomic E-state index is 12.2. The van der Waals surface area contributed by atoms with Crippen LogP contribution in [0.15, 0.2) is 24.4 Å². The Morgan fingerprint density at radius 3 is 2.74 bits per heavy atom. The van der Waals surface area contributed by atoms with Crippen LogP contribution in [0.3, 0.4) is 0 Å². The Bertz CT molecular complexity index is 468. The summed E-state index contributed by atoms with van der Waals surface area (Å²) in [5.74, 6) is -0.229. The first-order valence-electron chi connectivity index (χ1n) is 7.65. The maximum absolute atomic E-state index is 12.2. The summed E-state index contributed by atoms with van der Waals surface area (Å²) >= 11 is 0. The first kappa shape index (κ1) is 18.9. The zero-order valence-electron chi connectivity index (χ0n) is 13.8. The van der Waals surface area contributed by atoms with E-state index in [0.29, 0.717) is 39.1 Å². The summed E-state index contributed by atoms with van der Waals surface area (Å²) in [6.45, 7) is 1.89. The van der Waals surface area contributed by atoms with Crippen molar-refractivity contribution in [3.63, 3.8) is 0 Å². The van der Waals surface area contributed by atoms with E-state index in [0.717, 1.165) is 12.1 Å². The van der Waals surface area contributed by atoms with E-state index in [9.17, 15) is 9.59 Å². The Morgan fingerprint density at radius 2 is 2.09 bits per heavy atom. The lowest BCUT2D eigenvalue weighted by Crippen LogP contribution is -2.41. The Kier molecular flexibility index (Phi) is 9.38. The number of hydrogen-bond donors (Lipinski definition) is 1. The smallest absolute Gasteiger partial charge is 0.317 e. The van der Waals surface area contributed by atoms with Crippen molar-refractivity contribution >= 4 is 12.0 Å². The predicted octanol–water partition coefficient (Wildman–Crippen LogP) is 1.58. The van der Waals surface area contributed by atoms with E-state index in [1.165, 1.54) is 7.11 Å². The molecule has 1 N–H and O–H groups in total. The van der Waals surface area contributed by atoms with Crippen LogP contribution in [0.4, 0.5) is 4.79 Å². The molecule has 0 atom stereocenters. The minimum absolute atomic E-state index is 0.161. The number of carbonyl (C=O) groups excluding carboxylic acids is 2. The Morgan fingerprint density at radius 1 is 1.26 bits per heavy atom. The Balaban J connectivity index is 2.38. The van der Waals surface area contributed by atoms with Gasteiger partial charge in [0.15, 0.2) is 0 Å². The van der Waals surface area contributed by atoms with E-state index in [4.69, 9.17) is 4.74 Å². The summed E-state index contributed by atoms with van der Waals surface area (Å²) < 4.78 is 9.62. The Hall–Kier alpha value is -2.15. The summed E-state index contributed by atoms with van der Waals surface area (Å²) in [5.41, 5.74) is 0.824. The van der Waals surface area contributed by atoms with E-state index in [1.807, 2.05) is 18.2 Å². The average molecular weight is 323 g/mol. The van der Waals surface area contributed by atoms with Gasteiger partial charge in [-0.1, -0.05) is 6.07 Å². The van der Waals surface area contributed by atoms with Crippen LogP contribution in [0.5, 0.6) is 0 Å². The molecule has 0 aliphatic rings. The van der Waals surface area contributed by atoms with Crippen LogP contribution in [-0.4, -0.2) is 55.8 Å². The number of pyridine rings is 1. The molecule has 1 rings (SSSR count). The number of hydrogen-bond acceptors (Lipinski definition) is 5. The van der Waals surface area contributed by atoms with Gasteiger partial charge in [-0.2, -0.15) is 0 Å². The van der Waals surface area contributed by atoms with Gasteiger partial charge in [-0.25, -0.2) is 4.79 Å². The molecule has 0 aromatic carbocycles. The zero-order chi connectivity index (χ0) is 16.9. The molecule has 7 nitrogen and oxygen atoms in total. The lowest BCUT2D eigenvalue weighted by molar-refractivity contribution is -0.140. The number of amides is 2. The lowest BCUT2D eigenvalue weighted by atomic mass is 10.2. The molecule has 1 aromatic heterocycles. The normalized spacial score (nSPS) is 10.2. The van der Waals surface area contributed by atoms with E-state index in [1.54, 1.807) is 18.2 Å². The molecule has 0 saturated heterocycles.